The van der Waals surface area contributed by atoms with Gasteiger partial charge >= 0.3 is 0 Å². The minimum Gasteiger partial charge on any atom is -0.342 e. The number of benzene rings is 1. The van der Waals surface area contributed by atoms with Crippen molar-refractivity contribution in [3.05, 3.63) is 38.6 Å². The van der Waals surface area contributed by atoms with Gasteiger partial charge in [-0.3, -0.25) is 14.9 Å². The van der Waals surface area contributed by atoms with E-state index in [1.165, 1.54) is 0 Å². The van der Waals surface area contributed by atoms with Crippen molar-refractivity contribution in [3.8, 4) is 0 Å². The fourth-order valence-corrected chi connectivity index (χ4v) is 3.61. The molecule has 1 aromatic carbocycles. The largest absolute Gasteiger partial charge is 0.342 e. The first-order chi connectivity index (χ1) is 12.9. The van der Waals surface area contributed by atoms with Crippen LogP contribution < -0.4 is 21.5 Å². The Hall–Kier alpha value is -2.29. The Morgan fingerprint density at radius 2 is 2.22 bits per heavy atom. The van der Waals surface area contributed by atoms with Gasteiger partial charge in [0, 0.05) is 13.1 Å². The van der Waals surface area contributed by atoms with Crippen LogP contribution in [0.5, 0.6) is 0 Å². The Labute approximate surface area is 165 Å². The quantitative estimate of drug-likeness (QED) is 0.528. The number of H-pyrrole nitrogens is 2. The van der Waals surface area contributed by atoms with Gasteiger partial charge in [-0.25, -0.2) is 0 Å². The smallest absolute Gasteiger partial charge is 0.265 e. The summed E-state index contributed by atoms with van der Waals surface area (Å²) in [5.41, 5.74) is 6.50. The topological polar surface area (TPSA) is 116 Å². The highest BCUT2D eigenvalue weighted by atomic mass is 35.5. The molecule has 1 unspecified atom stereocenters. The van der Waals surface area contributed by atoms with Crippen LogP contribution in [0, 0.1) is 5.41 Å². The van der Waals surface area contributed by atoms with E-state index in [-0.39, 0.29) is 11.0 Å². The van der Waals surface area contributed by atoms with Gasteiger partial charge in [-0.15, -0.1) is 0 Å². The third-order valence-electron chi connectivity index (χ3n) is 4.97. The molecule has 10 heteroatoms. The summed E-state index contributed by atoms with van der Waals surface area (Å²) in [7, 11) is 0. The van der Waals surface area contributed by atoms with Gasteiger partial charge < -0.3 is 16.0 Å². The zero-order valence-corrected chi connectivity index (χ0v) is 16.2. The SMILES string of the molecule is CC1(CN)CCN(c2nc3n[nH]c(Nc4cccc(Cl)c4Cl)c3c(=O)[nH]2)C1. The molecule has 1 aliphatic heterocycles. The highest BCUT2D eigenvalue weighted by Crippen LogP contribution is 2.33. The molecule has 1 fully saturated rings. The predicted octanol–water partition coefficient (Wildman–Crippen LogP) is 2.87. The van der Waals surface area contributed by atoms with Gasteiger partial charge in [0.15, 0.2) is 5.65 Å². The molecule has 0 aliphatic carbocycles. The molecule has 2 aromatic heterocycles. The molecule has 0 radical (unpaired) electrons. The third kappa shape index (κ3) is 3.24. The minimum atomic E-state index is -0.286. The van der Waals surface area contributed by atoms with E-state index in [2.05, 4.69) is 32.4 Å². The summed E-state index contributed by atoms with van der Waals surface area (Å²) in [6.07, 6.45) is 0.950. The average molecular weight is 408 g/mol. The van der Waals surface area contributed by atoms with Crippen LogP contribution in [0.25, 0.3) is 11.0 Å². The van der Waals surface area contributed by atoms with Crippen molar-refractivity contribution in [3.63, 3.8) is 0 Å². The second-order valence-electron chi connectivity index (χ2n) is 7.10. The molecule has 4 rings (SSSR count). The van der Waals surface area contributed by atoms with Crippen LogP contribution in [0.1, 0.15) is 13.3 Å². The van der Waals surface area contributed by atoms with E-state index < -0.39 is 0 Å². The summed E-state index contributed by atoms with van der Waals surface area (Å²) in [6, 6.07) is 5.21. The molecule has 5 N–H and O–H groups in total. The summed E-state index contributed by atoms with van der Waals surface area (Å²) in [5.74, 6) is 0.909. The average Bonchev–Trinajstić information content (AvgIpc) is 3.24. The van der Waals surface area contributed by atoms with E-state index in [9.17, 15) is 4.79 Å². The monoisotopic (exact) mass is 407 g/mol. The van der Waals surface area contributed by atoms with E-state index in [1.54, 1.807) is 18.2 Å². The van der Waals surface area contributed by atoms with Crippen LogP contribution in [0.2, 0.25) is 10.0 Å². The molecular weight excluding hydrogens is 389 g/mol. The number of hydrogen-bond donors (Lipinski definition) is 4. The molecule has 1 aliphatic rings. The highest BCUT2D eigenvalue weighted by Gasteiger charge is 2.34. The first-order valence-corrected chi connectivity index (χ1v) is 9.30. The lowest BCUT2D eigenvalue weighted by Gasteiger charge is -2.22. The van der Waals surface area contributed by atoms with Crippen molar-refractivity contribution in [1.29, 1.82) is 0 Å². The lowest BCUT2D eigenvalue weighted by atomic mass is 9.90. The van der Waals surface area contributed by atoms with E-state index in [4.69, 9.17) is 28.9 Å². The first kappa shape index (κ1) is 18.1. The van der Waals surface area contributed by atoms with Gasteiger partial charge in [0.05, 0.1) is 15.7 Å². The first-order valence-electron chi connectivity index (χ1n) is 8.55. The maximum atomic E-state index is 12.7. The van der Waals surface area contributed by atoms with Gasteiger partial charge in [-0.05, 0) is 30.5 Å². The molecular formula is C17H19Cl2N7O. The molecule has 1 saturated heterocycles. The highest BCUT2D eigenvalue weighted by molar-refractivity contribution is 6.43. The molecule has 0 bridgehead atoms. The van der Waals surface area contributed by atoms with Crippen molar-refractivity contribution in [2.24, 2.45) is 11.1 Å². The van der Waals surface area contributed by atoms with Gasteiger partial charge in [0.1, 0.15) is 11.2 Å². The van der Waals surface area contributed by atoms with Crippen LogP contribution in [0.15, 0.2) is 23.0 Å². The Bertz CT molecular complexity index is 1060. The number of hydrogen-bond acceptors (Lipinski definition) is 6. The fourth-order valence-electron chi connectivity index (χ4n) is 3.27. The minimum absolute atomic E-state index is 0.0230. The summed E-state index contributed by atoms with van der Waals surface area (Å²) < 4.78 is 0. The number of nitrogens with two attached hydrogens (primary N) is 1. The van der Waals surface area contributed by atoms with Gasteiger partial charge in [-0.1, -0.05) is 36.2 Å². The van der Waals surface area contributed by atoms with Gasteiger partial charge in [0.2, 0.25) is 5.95 Å². The number of rotatable bonds is 4. The third-order valence-corrected chi connectivity index (χ3v) is 5.79. The fraction of sp³-hybridized carbons (Fsp3) is 0.353. The lowest BCUT2D eigenvalue weighted by Crippen LogP contribution is -2.32. The summed E-state index contributed by atoms with van der Waals surface area (Å²) >= 11 is 12.2. The number of aromatic nitrogens is 4. The Morgan fingerprint density at radius 3 is 2.96 bits per heavy atom. The number of aromatic amines is 2. The summed E-state index contributed by atoms with van der Waals surface area (Å²) in [5, 5.41) is 11.1. The Kier molecular flexibility index (Phi) is 4.49. The maximum Gasteiger partial charge on any atom is 0.265 e. The molecule has 1 atom stereocenters. The van der Waals surface area contributed by atoms with Crippen LogP contribution in [-0.2, 0) is 0 Å². The molecule has 8 nitrogen and oxygen atoms in total. The molecule has 3 aromatic rings. The Morgan fingerprint density at radius 1 is 1.41 bits per heavy atom. The number of nitrogens with zero attached hydrogens (tertiary/aromatic N) is 3. The predicted molar refractivity (Wildman–Crippen MR) is 108 cm³/mol. The van der Waals surface area contributed by atoms with E-state index in [0.717, 1.165) is 19.5 Å². The van der Waals surface area contributed by atoms with Crippen LogP contribution in [0.4, 0.5) is 17.5 Å². The van der Waals surface area contributed by atoms with Crippen molar-refractivity contribution >= 4 is 51.7 Å². The summed E-state index contributed by atoms with van der Waals surface area (Å²) in [4.78, 5) is 22.1. The normalized spacial score (nSPS) is 19.8. The van der Waals surface area contributed by atoms with Crippen molar-refractivity contribution in [2.45, 2.75) is 13.3 Å². The molecule has 0 saturated carbocycles. The number of halogens is 2. The molecule has 0 spiro atoms. The van der Waals surface area contributed by atoms with E-state index in [1.807, 2.05) is 4.90 Å². The number of fused-ring (bicyclic) bond motifs is 1. The number of nitrogens with one attached hydrogen (secondary N) is 3. The van der Waals surface area contributed by atoms with Gasteiger partial charge in [-0.2, -0.15) is 10.1 Å². The van der Waals surface area contributed by atoms with E-state index >= 15 is 0 Å². The molecule has 142 valence electrons. The van der Waals surface area contributed by atoms with Crippen LogP contribution in [-0.4, -0.2) is 39.8 Å². The van der Waals surface area contributed by atoms with Crippen LogP contribution >= 0.6 is 23.2 Å². The maximum absolute atomic E-state index is 12.7. The standard InChI is InChI=1S/C17H19Cl2N7O/c1-17(7-20)5-6-26(8-17)16-22-14-11(15(27)23-16)13(24-25-14)21-10-4-2-3-9(18)12(10)19/h2-4H,5-8,20H2,1H3,(H3,21,22,23,24,25,27). The lowest BCUT2D eigenvalue weighted by molar-refractivity contribution is 0.383. The zero-order valence-electron chi connectivity index (χ0n) is 14.6. The second kappa shape index (κ2) is 6.70. The molecule has 3 heterocycles. The van der Waals surface area contributed by atoms with Crippen molar-refractivity contribution in [1.82, 2.24) is 20.2 Å². The van der Waals surface area contributed by atoms with Crippen molar-refractivity contribution < 1.29 is 0 Å². The summed E-state index contributed by atoms with van der Waals surface area (Å²) in [6.45, 7) is 4.25. The second-order valence-corrected chi connectivity index (χ2v) is 7.88. The molecule has 27 heavy (non-hydrogen) atoms. The zero-order chi connectivity index (χ0) is 19.2. The van der Waals surface area contributed by atoms with Crippen LogP contribution in [0.3, 0.4) is 0 Å². The van der Waals surface area contributed by atoms with Crippen molar-refractivity contribution in [2.75, 3.05) is 29.9 Å². The molecule has 0 amide bonds. The Balaban J connectivity index is 1.68. The van der Waals surface area contributed by atoms with E-state index in [0.29, 0.717) is 45.1 Å². The van der Waals surface area contributed by atoms with Gasteiger partial charge in [0.25, 0.3) is 5.56 Å². The number of anilines is 3.